The Labute approximate surface area is 170 Å². The van der Waals surface area contributed by atoms with Crippen LogP contribution in [0.5, 0.6) is 5.75 Å². The highest BCUT2D eigenvalue weighted by Crippen LogP contribution is 2.37. The lowest BCUT2D eigenvalue weighted by Crippen LogP contribution is -2.44. The molecule has 0 spiro atoms. The largest absolute Gasteiger partial charge is 0.488 e. The highest BCUT2D eigenvalue weighted by Gasteiger charge is 2.38. The fourth-order valence-electron chi connectivity index (χ4n) is 2.87. The van der Waals surface area contributed by atoms with Gasteiger partial charge in [0.25, 0.3) is 0 Å². The molecule has 0 saturated heterocycles. The molecule has 0 bridgehead atoms. The molecule has 0 aromatic heterocycles. The van der Waals surface area contributed by atoms with Gasteiger partial charge in [-0.15, -0.1) is 0 Å². The molecule has 0 fully saturated rings. The Hall–Kier alpha value is -2.13. The first-order chi connectivity index (χ1) is 12.9. The molecule has 28 heavy (non-hydrogen) atoms. The van der Waals surface area contributed by atoms with Crippen LogP contribution in [0, 0.1) is 0 Å². The van der Waals surface area contributed by atoms with E-state index in [1.54, 1.807) is 7.11 Å². The summed E-state index contributed by atoms with van der Waals surface area (Å²) in [5.74, 6) is 0.791. The fourth-order valence-corrected chi connectivity index (χ4v) is 2.87. The van der Waals surface area contributed by atoms with E-state index in [9.17, 15) is 4.79 Å². The summed E-state index contributed by atoms with van der Waals surface area (Å²) < 4.78 is 11.6. The smallest absolute Gasteiger partial charge is 0.193 e. The lowest BCUT2D eigenvalue weighted by Gasteiger charge is -2.41. The lowest BCUT2D eigenvalue weighted by molar-refractivity contribution is -0.0341. The van der Waals surface area contributed by atoms with Crippen molar-refractivity contribution in [3.8, 4) is 5.75 Å². The molecule has 0 atom stereocenters. The summed E-state index contributed by atoms with van der Waals surface area (Å²) in [6, 6.07) is 15.2. The molecule has 2 rings (SSSR count). The van der Waals surface area contributed by atoms with Crippen LogP contribution >= 0.6 is 0 Å². The van der Waals surface area contributed by atoms with E-state index < -0.39 is 0 Å². The monoisotopic (exact) mass is 382 g/mol. The Kier molecular flexibility index (Phi) is 6.40. The van der Waals surface area contributed by atoms with Crippen molar-refractivity contribution in [2.24, 2.45) is 0 Å². The van der Waals surface area contributed by atoms with Gasteiger partial charge >= 0.3 is 0 Å². The number of carbonyl (C=O) groups excluding carboxylic acids is 1. The SMILES string of the molecule is CCC(C)(C)Oc1ccc(C(=O)c2ccc(C(C)(C)C(C)(C)OC)cc2)cc1. The van der Waals surface area contributed by atoms with Gasteiger partial charge in [-0.25, -0.2) is 0 Å². The molecule has 152 valence electrons. The van der Waals surface area contributed by atoms with Crippen molar-refractivity contribution >= 4 is 5.78 Å². The van der Waals surface area contributed by atoms with Crippen LogP contribution in [-0.4, -0.2) is 24.1 Å². The predicted octanol–water partition coefficient (Wildman–Crippen LogP) is 6.19. The van der Waals surface area contributed by atoms with Gasteiger partial charge in [-0.05, 0) is 63.9 Å². The van der Waals surface area contributed by atoms with E-state index in [2.05, 4.69) is 48.5 Å². The Bertz CT molecular complexity index is 797. The van der Waals surface area contributed by atoms with Gasteiger partial charge in [-0.3, -0.25) is 4.79 Å². The van der Waals surface area contributed by atoms with E-state index in [0.29, 0.717) is 11.1 Å². The molecule has 0 aliphatic rings. The molecule has 0 heterocycles. The van der Waals surface area contributed by atoms with E-state index in [1.165, 1.54) is 0 Å². The third-order valence-electron chi connectivity index (χ3n) is 6.25. The highest BCUT2D eigenvalue weighted by molar-refractivity contribution is 6.09. The minimum Gasteiger partial charge on any atom is -0.488 e. The van der Waals surface area contributed by atoms with Crippen LogP contribution in [0.4, 0.5) is 0 Å². The van der Waals surface area contributed by atoms with E-state index >= 15 is 0 Å². The maximum absolute atomic E-state index is 12.8. The van der Waals surface area contributed by atoms with Crippen molar-refractivity contribution in [1.29, 1.82) is 0 Å². The second-order valence-corrected chi connectivity index (χ2v) is 8.99. The average molecular weight is 383 g/mol. The lowest BCUT2D eigenvalue weighted by atomic mass is 9.71. The second kappa shape index (κ2) is 8.08. The molecule has 0 aliphatic carbocycles. The van der Waals surface area contributed by atoms with E-state index in [0.717, 1.165) is 17.7 Å². The van der Waals surface area contributed by atoms with Gasteiger partial charge in [0.15, 0.2) is 5.78 Å². The zero-order valence-electron chi connectivity index (χ0n) is 18.6. The number of rotatable bonds is 8. The molecule has 0 unspecified atom stereocenters. The zero-order valence-corrected chi connectivity index (χ0v) is 18.6. The molecular formula is C25H34O3. The highest BCUT2D eigenvalue weighted by atomic mass is 16.5. The first-order valence-electron chi connectivity index (χ1n) is 9.93. The minimum absolute atomic E-state index is 0.0108. The summed E-state index contributed by atoms with van der Waals surface area (Å²) in [7, 11) is 1.73. The number of hydrogen-bond acceptors (Lipinski definition) is 3. The first-order valence-corrected chi connectivity index (χ1v) is 9.93. The van der Waals surface area contributed by atoms with Crippen LogP contribution in [0.2, 0.25) is 0 Å². The summed E-state index contributed by atoms with van der Waals surface area (Å²) in [4.78, 5) is 12.8. The molecule has 3 heteroatoms. The Morgan fingerprint density at radius 3 is 1.71 bits per heavy atom. The van der Waals surface area contributed by atoms with Gasteiger partial charge < -0.3 is 9.47 Å². The Morgan fingerprint density at radius 2 is 1.29 bits per heavy atom. The van der Waals surface area contributed by atoms with Crippen LogP contribution in [-0.2, 0) is 10.2 Å². The van der Waals surface area contributed by atoms with E-state index in [1.807, 2.05) is 48.5 Å². The standard InChI is InChI=1S/C25H34O3/c1-9-23(2,3)28-21-16-12-19(13-17-21)22(26)18-10-14-20(15-11-18)24(4,5)25(6,7)27-8/h10-17H,9H2,1-8H3. The maximum atomic E-state index is 12.8. The van der Waals surface area contributed by atoms with Crippen molar-refractivity contribution in [3.63, 3.8) is 0 Å². The van der Waals surface area contributed by atoms with E-state index in [4.69, 9.17) is 9.47 Å². The number of methoxy groups -OCH3 is 1. The number of ketones is 1. The number of benzene rings is 2. The molecule has 0 aliphatic heterocycles. The molecule has 0 saturated carbocycles. The van der Waals surface area contributed by atoms with Crippen LogP contribution < -0.4 is 4.74 Å². The second-order valence-electron chi connectivity index (χ2n) is 8.99. The maximum Gasteiger partial charge on any atom is 0.193 e. The number of ether oxygens (including phenoxy) is 2. The van der Waals surface area contributed by atoms with Gasteiger partial charge in [-0.1, -0.05) is 45.0 Å². The number of hydrogen-bond donors (Lipinski definition) is 0. The third-order valence-corrected chi connectivity index (χ3v) is 6.25. The van der Waals surface area contributed by atoms with Gasteiger partial charge in [-0.2, -0.15) is 0 Å². The van der Waals surface area contributed by atoms with Crippen LogP contribution in [0.15, 0.2) is 48.5 Å². The summed E-state index contributed by atoms with van der Waals surface area (Å²) in [6.45, 7) is 14.7. The summed E-state index contributed by atoms with van der Waals surface area (Å²) >= 11 is 0. The zero-order chi connectivity index (χ0) is 21.2. The molecule has 2 aromatic carbocycles. The average Bonchev–Trinajstić information content (AvgIpc) is 2.67. The quantitative estimate of drug-likeness (QED) is 0.511. The van der Waals surface area contributed by atoms with Gasteiger partial charge in [0, 0.05) is 23.7 Å². The van der Waals surface area contributed by atoms with Gasteiger partial charge in [0.05, 0.1) is 5.60 Å². The molecular weight excluding hydrogens is 348 g/mol. The van der Waals surface area contributed by atoms with Gasteiger partial charge in [0.2, 0.25) is 0 Å². The van der Waals surface area contributed by atoms with Crippen LogP contribution in [0.25, 0.3) is 0 Å². The topological polar surface area (TPSA) is 35.5 Å². The van der Waals surface area contributed by atoms with Crippen molar-refractivity contribution < 1.29 is 14.3 Å². The summed E-state index contributed by atoms with van der Waals surface area (Å²) in [5, 5.41) is 0. The summed E-state index contributed by atoms with van der Waals surface area (Å²) in [5.41, 5.74) is 1.75. The van der Waals surface area contributed by atoms with Crippen molar-refractivity contribution in [2.75, 3.05) is 7.11 Å². The molecule has 3 nitrogen and oxygen atoms in total. The fraction of sp³-hybridized carbons (Fsp3) is 0.480. The van der Waals surface area contributed by atoms with E-state index in [-0.39, 0.29) is 22.4 Å². The Morgan fingerprint density at radius 1 is 0.821 bits per heavy atom. The van der Waals surface area contributed by atoms with Crippen LogP contribution in [0.3, 0.4) is 0 Å². The van der Waals surface area contributed by atoms with Crippen molar-refractivity contribution in [2.45, 2.75) is 71.5 Å². The molecule has 0 N–H and O–H groups in total. The first kappa shape index (κ1) is 22.2. The third kappa shape index (κ3) is 4.64. The molecule has 0 radical (unpaired) electrons. The molecule has 0 amide bonds. The van der Waals surface area contributed by atoms with Gasteiger partial charge in [0.1, 0.15) is 11.4 Å². The van der Waals surface area contributed by atoms with Crippen molar-refractivity contribution in [3.05, 3.63) is 65.2 Å². The van der Waals surface area contributed by atoms with Crippen LogP contribution in [0.1, 0.15) is 76.4 Å². The van der Waals surface area contributed by atoms with Crippen molar-refractivity contribution in [1.82, 2.24) is 0 Å². The minimum atomic E-state index is -0.319. The normalized spacial score (nSPS) is 12.7. The summed E-state index contributed by atoms with van der Waals surface area (Å²) in [6.07, 6.45) is 0.913. The Balaban J connectivity index is 2.19. The predicted molar refractivity (Wildman–Crippen MR) is 115 cm³/mol. The number of carbonyl (C=O) groups is 1. The molecule has 2 aromatic rings.